The molecule has 0 unspecified atom stereocenters. The van der Waals surface area contributed by atoms with Crippen LogP contribution in [0.1, 0.15) is 31.2 Å². The molecule has 0 fully saturated rings. The van der Waals surface area contributed by atoms with Crippen LogP contribution in [0.5, 0.6) is 5.75 Å². The summed E-state index contributed by atoms with van der Waals surface area (Å²) < 4.78 is 43.2. The van der Waals surface area contributed by atoms with Crippen LogP contribution in [0.3, 0.4) is 0 Å². The zero-order valence-electron chi connectivity index (χ0n) is 17.5. The van der Waals surface area contributed by atoms with Gasteiger partial charge in [-0.1, -0.05) is 17.9 Å². The van der Waals surface area contributed by atoms with E-state index < -0.39 is 6.36 Å². The largest absolute Gasteiger partial charge is 0.573 e. The summed E-state index contributed by atoms with van der Waals surface area (Å²) in [4.78, 5) is 10.5. The van der Waals surface area contributed by atoms with Gasteiger partial charge in [0.1, 0.15) is 17.3 Å². The molecule has 0 aliphatic rings. The van der Waals surface area contributed by atoms with Crippen LogP contribution in [0.4, 0.5) is 19.0 Å². The van der Waals surface area contributed by atoms with Crippen molar-refractivity contribution in [2.24, 2.45) is 0 Å². The molecule has 1 N–H and O–H groups in total. The summed E-state index contributed by atoms with van der Waals surface area (Å²) in [7, 11) is 0. The van der Waals surface area contributed by atoms with Gasteiger partial charge in [-0.25, -0.2) is 4.98 Å². The lowest BCUT2D eigenvalue weighted by atomic mass is 10.1. The molecule has 0 aliphatic heterocycles. The molecule has 0 bridgehead atoms. The van der Waals surface area contributed by atoms with Crippen molar-refractivity contribution in [2.75, 3.05) is 5.32 Å². The summed E-state index contributed by atoms with van der Waals surface area (Å²) in [6.07, 6.45) is 0.511. The lowest BCUT2D eigenvalue weighted by Crippen LogP contribution is -2.27. The first-order valence-corrected chi connectivity index (χ1v) is 10.5. The molecule has 5 nitrogen and oxygen atoms in total. The van der Waals surface area contributed by atoms with E-state index in [1.165, 1.54) is 29.5 Å². The second-order valence-corrected chi connectivity index (χ2v) is 9.06. The van der Waals surface area contributed by atoms with E-state index >= 15 is 0 Å². The Labute approximate surface area is 186 Å². The van der Waals surface area contributed by atoms with Gasteiger partial charge in [0.15, 0.2) is 5.65 Å². The fourth-order valence-electron chi connectivity index (χ4n) is 2.99. The smallest absolute Gasteiger partial charge is 0.406 e. The number of nitrogens with zero attached hydrogens (tertiary/aromatic N) is 3. The van der Waals surface area contributed by atoms with Crippen LogP contribution in [0.2, 0.25) is 0 Å². The van der Waals surface area contributed by atoms with Gasteiger partial charge < -0.3 is 10.1 Å². The van der Waals surface area contributed by atoms with E-state index in [0.717, 1.165) is 26.9 Å². The highest BCUT2D eigenvalue weighted by atomic mass is 32.1. The molecule has 32 heavy (non-hydrogen) atoms. The van der Waals surface area contributed by atoms with Gasteiger partial charge in [0, 0.05) is 23.5 Å². The average Bonchev–Trinajstić information content (AvgIpc) is 3.29. The predicted molar refractivity (Wildman–Crippen MR) is 119 cm³/mol. The molecule has 0 amide bonds. The van der Waals surface area contributed by atoms with Crippen LogP contribution in [-0.2, 0) is 0 Å². The van der Waals surface area contributed by atoms with Gasteiger partial charge in [0.25, 0.3) is 0 Å². The van der Waals surface area contributed by atoms with Crippen molar-refractivity contribution in [3.8, 4) is 28.2 Å². The fraction of sp³-hybridized carbons (Fsp3) is 0.217. The maximum absolute atomic E-state index is 12.4. The molecule has 9 heteroatoms. The molecule has 0 aliphatic carbocycles. The molecule has 4 aromatic rings. The summed E-state index contributed by atoms with van der Waals surface area (Å²) in [6, 6.07) is 9.40. The standard InChI is InChI=1S/C23H19F3N4OS/c1-22(2,3)29-21-20(28-19-14-27-11-12-30(19)21)18-10-9-17(32-18)8-7-15-5-4-6-16(13-15)31-23(24,25)26/h4-6,9-14,29H,1-3H3. The van der Waals surface area contributed by atoms with E-state index in [-0.39, 0.29) is 11.3 Å². The van der Waals surface area contributed by atoms with E-state index in [0.29, 0.717) is 5.56 Å². The first kappa shape index (κ1) is 21.7. The molecule has 0 radical (unpaired) electrons. The molecular formula is C23H19F3N4OS. The van der Waals surface area contributed by atoms with Crippen molar-refractivity contribution in [3.63, 3.8) is 0 Å². The quantitative estimate of drug-likeness (QED) is 0.386. The molecule has 3 heterocycles. The van der Waals surface area contributed by atoms with Gasteiger partial charge in [-0.05, 0) is 51.1 Å². The highest BCUT2D eigenvalue weighted by Gasteiger charge is 2.31. The molecule has 4 rings (SSSR count). The first-order chi connectivity index (χ1) is 15.1. The number of thiophene rings is 1. The number of rotatable bonds is 3. The molecule has 0 saturated heterocycles. The molecule has 0 atom stereocenters. The van der Waals surface area contributed by atoms with E-state index in [2.05, 4.69) is 47.6 Å². The highest BCUT2D eigenvalue weighted by molar-refractivity contribution is 7.16. The zero-order valence-corrected chi connectivity index (χ0v) is 18.3. The highest BCUT2D eigenvalue weighted by Crippen LogP contribution is 2.35. The fourth-order valence-corrected chi connectivity index (χ4v) is 3.84. The monoisotopic (exact) mass is 456 g/mol. The number of halogens is 3. The summed E-state index contributed by atoms with van der Waals surface area (Å²) in [6.45, 7) is 6.21. The Bertz CT molecular complexity index is 1320. The third-order valence-corrected chi connectivity index (χ3v) is 5.17. The predicted octanol–water partition coefficient (Wildman–Crippen LogP) is 5.97. The third kappa shape index (κ3) is 5.21. The molecule has 164 valence electrons. The Kier molecular flexibility index (Phi) is 5.57. The average molecular weight is 456 g/mol. The van der Waals surface area contributed by atoms with E-state index in [1.807, 2.05) is 22.7 Å². The van der Waals surface area contributed by atoms with Gasteiger partial charge >= 0.3 is 6.36 Å². The summed E-state index contributed by atoms with van der Waals surface area (Å²) in [5, 5.41) is 3.50. The van der Waals surface area contributed by atoms with Crippen molar-refractivity contribution in [2.45, 2.75) is 32.7 Å². The van der Waals surface area contributed by atoms with Gasteiger partial charge in [-0.15, -0.1) is 24.5 Å². The van der Waals surface area contributed by atoms with E-state index in [9.17, 15) is 13.2 Å². The molecule has 0 saturated carbocycles. The normalized spacial score (nSPS) is 11.8. The van der Waals surface area contributed by atoms with Crippen molar-refractivity contribution in [1.82, 2.24) is 14.4 Å². The molecule has 3 aromatic heterocycles. The first-order valence-electron chi connectivity index (χ1n) is 9.66. The van der Waals surface area contributed by atoms with Gasteiger partial charge in [0.05, 0.1) is 16.0 Å². The van der Waals surface area contributed by atoms with Crippen molar-refractivity contribution >= 4 is 22.8 Å². The minimum atomic E-state index is -4.74. The van der Waals surface area contributed by atoms with Crippen molar-refractivity contribution < 1.29 is 17.9 Å². The second-order valence-electron chi connectivity index (χ2n) is 7.98. The van der Waals surface area contributed by atoms with Crippen LogP contribution in [-0.4, -0.2) is 26.3 Å². The minimum Gasteiger partial charge on any atom is -0.406 e. The summed E-state index contributed by atoms with van der Waals surface area (Å²) in [5.74, 6) is 6.46. The summed E-state index contributed by atoms with van der Waals surface area (Å²) >= 11 is 1.45. The number of fused-ring (bicyclic) bond motifs is 1. The number of benzene rings is 1. The SMILES string of the molecule is CC(C)(C)Nc1c(-c2ccc(C#Cc3cccc(OC(F)(F)F)c3)s2)nc2cnccn12. The second kappa shape index (κ2) is 8.20. The zero-order chi connectivity index (χ0) is 22.9. The number of anilines is 1. The summed E-state index contributed by atoms with van der Waals surface area (Å²) in [5.41, 5.74) is 1.75. The van der Waals surface area contributed by atoms with Gasteiger partial charge in [-0.3, -0.25) is 9.38 Å². The molecular weight excluding hydrogens is 437 g/mol. The number of alkyl halides is 3. The number of hydrogen-bond acceptors (Lipinski definition) is 5. The number of imidazole rings is 1. The Balaban J connectivity index is 1.64. The third-order valence-electron chi connectivity index (χ3n) is 4.16. The van der Waals surface area contributed by atoms with Crippen molar-refractivity contribution in [3.05, 3.63) is 65.4 Å². The Morgan fingerprint density at radius 3 is 2.66 bits per heavy atom. The van der Waals surface area contributed by atoms with Crippen LogP contribution in [0.15, 0.2) is 55.0 Å². The number of nitrogens with one attached hydrogen (secondary N) is 1. The minimum absolute atomic E-state index is 0.183. The Hall–Kier alpha value is -3.51. The maximum atomic E-state index is 12.4. The van der Waals surface area contributed by atoms with Crippen molar-refractivity contribution in [1.29, 1.82) is 0 Å². The number of hydrogen-bond donors (Lipinski definition) is 1. The Morgan fingerprint density at radius 2 is 1.91 bits per heavy atom. The van der Waals surface area contributed by atoms with Gasteiger partial charge in [0.2, 0.25) is 0 Å². The number of ether oxygens (including phenoxy) is 1. The topological polar surface area (TPSA) is 51.5 Å². The maximum Gasteiger partial charge on any atom is 0.573 e. The van der Waals surface area contributed by atoms with Crippen LogP contribution in [0, 0.1) is 11.8 Å². The number of aromatic nitrogens is 3. The molecule has 1 aromatic carbocycles. The van der Waals surface area contributed by atoms with Crippen LogP contribution < -0.4 is 10.1 Å². The Morgan fingerprint density at radius 1 is 1.09 bits per heavy atom. The lowest BCUT2D eigenvalue weighted by molar-refractivity contribution is -0.274. The van der Waals surface area contributed by atoms with E-state index in [1.54, 1.807) is 18.5 Å². The van der Waals surface area contributed by atoms with Crippen LogP contribution >= 0.6 is 11.3 Å². The van der Waals surface area contributed by atoms with Gasteiger partial charge in [-0.2, -0.15) is 0 Å². The molecule has 0 spiro atoms. The van der Waals surface area contributed by atoms with E-state index in [4.69, 9.17) is 4.98 Å². The van der Waals surface area contributed by atoms with Crippen LogP contribution in [0.25, 0.3) is 16.2 Å². The lowest BCUT2D eigenvalue weighted by Gasteiger charge is -2.22.